The zero-order chi connectivity index (χ0) is 24.3. The van der Waals surface area contributed by atoms with Crippen LogP contribution in [0.15, 0.2) is 54.0 Å². The van der Waals surface area contributed by atoms with E-state index >= 15 is 0 Å². The van der Waals surface area contributed by atoms with Crippen molar-refractivity contribution in [2.45, 2.75) is 65.3 Å². The number of hydrogen-bond acceptors (Lipinski definition) is 6. The standard InChI is InChI=1S/C27H35N7O/c1-3-9-26-20(2)34(35,18-21-10-5-4-6-11-21)19-33(26)17-23-15-14-22(16-28-23)24-12-7-8-13-25(24)27-29-31-32-30-27/h7-8,12-16,21H,3-6,9-11,17-19H2,1-2H3,(H,29,30,31,32). The molecule has 184 valence electrons. The minimum absolute atomic E-state index is 0.184. The average Bonchev–Trinajstić information content (AvgIpc) is 3.49. The fourth-order valence-electron chi connectivity index (χ4n) is 5.71. The normalized spacial score (nSPS) is 21.2. The number of rotatable bonds is 8. The number of hydrogen-bond donors (Lipinski definition) is 1. The molecule has 8 nitrogen and oxygen atoms in total. The average molecular weight is 474 g/mol. The van der Waals surface area contributed by atoms with Crippen molar-refractivity contribution < 1.29 is 4.65 Å². The van der Waals surface area contributed by atoms with Gasteiger partial charge in [0.2, 0.25) is 5.82 Å². The molecule has 0 saturated heterocycles. The van der Waals surface area contributed by atoms with Crippen LogP contribution in [-0.4, -0.2) is 48.4 Å². The molecule has 1 fully saturated rings. The minimum atomic E-state index is -0.184. The van der Waals surface area contributed by atoms with Gasteiger partial charge < -0.3 is 14.8 Å². The predicted molar refractivity (Wildman–Crippen MR) is 136 cm³/mol. The zero-order valence-electron chi connectivity index (χ0n) is 20.8. The number of benzene rings is 1. The maximum atomic E-state index is 14.0. The van der Waals surface area contributed by atoms with Gasteiger partial charge in [0.25, 0.3) is 0 Å². The maximum absolute atomic E-state index is 14.0. The number of nitrogens with zero attached hydrogens (tertiary/aromatic N) is 6. The van der Waals surface area contributed by atoms with Gasteiger partial charge in [-0.05, 0) is 36.1 Å². The summed E-state index contributed by atoms with van der Waals surface area (Å²) in [5.41, 5.74) is 6.12. The van der Waals surface area contributed by atoms with Crippen LogP contribution in [0, 0.1) is 11.1 Å². The Bertz CT molecular complexity index is 1150. The van der Waals surface area contributed by atoms with E-state index in [9.17, 15) is 5.21 Å². The smallest absolute Gasteiger partial charge is 0.205 e. The lowest BCUT2D eigenvalue weighted by atomic mass is 9.89. The van der Waals surface area contributed by atoms with Gasteiger partial charge in [0.05, 0.1) is 24.5 Å². The van der Waals surface area contributed by atoms with E-state index in [1.807, 2.05) is 30.5 Å². The summed E-state index contributed by atoms with van der Waals surface area (Å²) in [7, 11) is 0. The number of H-pyrrole nitrogens is 1. The molecule has 1 unspecified atom stereocenters. The molecule has 1 atom stereocenters. The summed E-state index contributed by atoms with van der Waals surface area (Å²) in [6, 6.07) is 12.2. The van der Waals surface area contributed by atoms with Crippen molar-refractivity contribution in [3.05, 3.63) is 64.9 Å². The summed E-state index contributed by atoms with van der Waals surface area (Å²) in [6.45, 7) is 6.13. The second kappa shape index (κ2) is 10.3. The first-order chi connectivity index (χ1) is 17.1. The second-order valence-corrected chi connectivity index (χ2v) is 10.0. The van der Waals surface area contributed by atoms with Crippen molar-refractivity contribution in [3.63, 3.8) is 0 Å². The highest BCUT2D eigenvalue weighted by atomic mass is 16.6. The third-order valence-electron chi connectivity index (χ3n) is 7.58. The van der Waals surface area contributed by atoms with E-state index in [2.05, 4.69) is 51.5 Å². The fraction of sp³-hybridized carbons (Fsp3) is 0.481. The van der Waals surface area contributed by atoms with Crippen molar-refractivity contribution in [2.24, 2.45) is 5.92 Å². The monoisotopic (exact) mass is 473 g/mol. The molecular weight excluding hydrogens is 438 g/mol. The quantitative estimate of drug-likeness (QED) is 0.337. The lowest BCUT2D eigenvalue weighted by Crippen LogP contribution is -2.45. The minimum Gasteiger partial charge on any atom is -0.626 e. The van der Waals surface area contributed by atoms with E-state index in [4.69, 9.17) is 4.98 Å². The van der Waals surface area contributed by atoms with Crippen LogP contribution in [0.1, 0.15) is 64.5 Å². The molecule has 1 N–H and O–H groups in total. The number of quaternary nitrogens is 1. The molecule has 5 rings (SSSR count). The molecule has 1 aromatic carbocycles. The van der Waals surface area contributed by atoms with Crippen LogP contribution in [0.2, 0.25) is 0 Å². The van der Waals surface area contributed by atoms with Crippen LogP contribution in [-0.2, 0) is 6.54 Å². The summed E-state index contributed by atoms with van der Waals surface area (Å²) in [4.78, 5) is 7.07. The molecule has 35 heavy (non-hydrogen) atoms. The van der Waals surface area contributed by atoms with Crippen molar-refractivity contribution in [2.75, 3.05) is 13.2 Å². The molecule has 0 amide bonds. The highest BCUT2D eigenvalue weighted by molar-refractivity contribution is 5.79. The van der Waals surface area contributed by atoms with Crippen LogP contribution in [0.3, 0.4) is 0 Å². The van der Waals surface area contributed by atoms with E-state index in [0.29, 0.717) is 25.0 Å². The first kappa shape index (κ1) is 23.6. The molecule has 2 aromatic heterocycles. The van der Waals surface area contributed by atoms with Gasteiger partial charge >= 0.3 is 0 Å². The van der Waals surface area contributed by atoms with Crippen LogP contribution in [0.4, 0.5) is 0 Å². The van der Waals surface area contributed by atoms with Gasteiger partial charge in [-0.1, -0.05) is 62.9 Å². The zero-order valence-corrected chi connectivity index (χ0v) is 20.8. The van der Waals surface area contributed by atoms with Crippen LogP contribution in [0.25, 0.3) is 22.5 Å². The molecule has 1 saturated carbocycles. The number of tetrazole rings is 1. The third kappa shape index (κ3) is 4.99. The Balaban J connectivity index is 1.34. The summed E-state index contributed by atoms with van der Waals surface area (Å²) in [6.07, 6.45) is 10.1. The summed E-state index contributed by atoms with van der Waals surface area (Å²) in [5, 5.41) is 28.5. The number of pyridine rings is 1. The Kier molecular flexibility index (Phi) is 6.92. The van der Waals surface area contributed by atoms with Crippen LogP contribution >= 0.6 is 0 Å². The molecule has 1 aliphatic carbocycles. The first-order valence-corrected chi connectivity index (χ1v) is 12.9. The van der Waals surface area contributed by atoms with Gasteiger partial charge in [0.1, 0.15) is 5.70 Å². The molecular formula is C27H35N7O. The molecule has 3 heterocycles. The van der Waals surface area contributed by atoms with Crippen LogP contribution in [0.5, 0.6) is 0 Å². The highest BCUT2D eigenvalue weighted by Gasteiger charge is 2.37. The lowest BCUT2D eigenvalue weighted by molar-refractivity contribution is -0.848. The molecule has 8 heteroatoms. The fourth-order valence-corrected chi connectivity index (χ4v) is 5.71. The Labute approximate surface area is 207 Å². The van der Waals surface area contributed by atoms with E-state index in [0.717, 1.165) is 47.5 Å². The van der Waals surface area contributed by atoms with Gasteiger partial charge in [-0.15, -0.1) is 10.2 Å². The SMILES string of the molecule is CCCC1=C(C)[N+]([O-])(CC2CCCCC2)CN1Cc1ccc(-c2ccccc2-c2nn[nH]n2)cn1. The van der Waals surface area contributed by atoms with Crippen molar-refractivity contribution in [3.8, 4) is 22.5 Å². The van der Waals surface area contributed by atoms with E-state index < -0.39 is 0 Å². The number of nitrogens with one attached hydrogen (secondary N) is 1. The molecule has 1 aliphatic heterocycles. The Morgan fingerprint density at radius 3 is 2.57 bits per heavy atom. The van der Waals surface area contributed by atoms with Gasteiger partial charge in [-0.2, -0.15) is 5.21 Å². The number of allylic oxidation sites excluding steroid dienone is 2. The number of aromatic amines is 1. The Morgan fingerprint density at radius 1 is 1.09 bits per heavy atom. The Hall–Kier alpha value is -3.10. The van der Waals surface area contributed by atoms with E-state index in [1.165, 1.54) is 37.8 Å². The largest absolute Gasteiger partial charge is 0.626 e. The summed E-state index contributed by atoms with van der Waals surface area (Å²) < 4.78 is -0.184. The number of aromatic nitrogens is 5. The first-order valence-electron chi connectivity index (χ1n) is 12.9. The molecule has 3 aromatic rings. The topological polar surface area (TPSA) is 93.7 Å². The van der Waals surface area contributed by atoms with E-state index in [-0.39, 0.29) is 4.65 Å². The van der Waals surface area contributed by atoms with Crippen molar-refractivity contribution in [1.82, 2.24) is 30.5 Å². The highest BCUT2D eigenvalue weighted by Crippen LogP contribution is 2.37. The Morgan fingerprint density at radius 2 is 1.89 bits per heavy atom. The third-order valence-corrected chi connectivity index (χ3v) is 7.58. The second-order valence-electron chi connectivity index (χ2n) is 10.0. The van der Waals surface area contributed by atoms with Crippen molar-refractivity contribution in [1.29, 1.82) is 0 Å². The van der Waals surface area contributed by atoms with Gasteiger partial charge in [-0.25, -0.2) is 0 Å². The van der Waals surface area contributed by atoms with Crippen molar-refractivity contribution >= 4 is 0 Å². The maximum Gasteiger partial charge on any atom is 0.205 e. The van der Waals surface area contributed by atoms with Gasteiger partial charge in [0, 0.05) is 30.2 Å². The van der Waals surface area contributed by atoms with Gasteiger partial charge in [-0.3, -0.25) is 4.98 Å². The lowest BCUT2D eigenvalue weighted by Gasteiger charge is -2.42. The predicted octanol–water partition coefficient (Wildman–Crippen LogP) is 5.63. The summed E-state index contributed by atoms with van der Waals surface area (Å²) >= 11 is 0. The molecule has 2 aliphatic rings. The number of hydroxylamine groups is 3. The van der Waals surface area contributed by atoms with E-state index in [1.54, 1.807) is 0 Å². The molecule has 0 bridgehead atoms. The van der Waals surface area contributed by atoms with Crippen LogP contribution < -0.4 is 0 Å². The summed E-state index contributed by atoms with van der Waals surface area (Å²) in [5.74, 6) is 1.12. The molecule has 0 spiro atoms. The molecule has 0 radical (unpaired) electrons. The van der Waals surface area contributed by atoms with Gasteiger partial charge in [0.15, 0.2) is 6.67 Å².